The average molecular weight is 360 g/mol. The number of rotatable bonds is 5. The monoisotopic (exact) mass is 359 g/mol. The minimum Gasteiger partial charge on any atom is -0.376 e. The number of nitrogens with zero attached hydrogens (tertiary/aromatic N) is 2. The van der Waals surface area contributed by atoms with Gasteiger partial charge >= 0.3 is 0 Å². The number of benzene rings is 1. The van der Waals surface area contributed by atoms with Crippen molar-refractivity contribution in [1.29, 1.82) is 0 Å². The SMILES string of the molecule is CN(C)c1ccc(NC(=O)CN(C)C2CCS(=O)(=O)C2)cc1Cl. The van der Waals surface area contributed by atoms with Gasteiger partial charge in [0.25, 0.3) is 0 Å². The molecule has 0 aliphatic carbocycles. The van der Waals surface area contributed by atoms with Crippen molar-refractivity contribution < 1.29 is 13.2 Å². The summed E-state index contributed by atoms with van der Waals surface area (Å²) in [5, 5.41) is 3.35. The molecule has 1 unspecified atom stereocenters. The summed E-state index contributed by atoms with van der Waals surface area (Å²) >= 11 is 6.18. The predicted molar refractivity (Wildman–Crippen MR) is 94.1 cm³/mol. The van der Waals surface area contributed by atoms with E-state index in [4.69, 9.17) is 11.6 Å². The normalized spacial score (nSPS) is 19.8. The highest BCUT2D eigenvalue weighted by molar-refractivity contribution is 7.91. The van der Waals surface area contributed by atoms with E-state index in [9.17, 15) is 13.2 Å². The fourth-order valence-electron chi connectivity index (χ4n) is 2.63. The third-order valence-electron chi connectivity index (χ3n) is 3.94. The van der Waals surface area contributed by atoms with Crippen molar-refractivity contribution in [3.05, 3.63) is 23.2 Å². The molecule has 0 saturated carbocycles. The Labute approximate surface area is 142 Å². The van der Waals surface area contributed by atoms with Gasteiger partial charge in [0.2, 0.25) is 5.91 Å². The Morgan fingerprint density at radius 2 is 2.04 bits per heavy atom. The summed E-state index contributed by atoms with van der Waals surface area (Å²) in [6, 6.07) is 5.24. The minimum absolute atomic E-state index is 0.0922. The maximum Gasteiger partial charge on any atom is 0.238 e. The first-order chi connectivity index (χ1) is 10.7. The summed E-state index contributed by atoms with van der Waals surface area (Å²) in [5.41, 5.74) is 1.50. The van der Waals surface area contributed by atoms with Crippen LogP contribution in [0.1, 0.15) is 6.42 Å². The first kappa shape index (κ1) is 18.0. The molecule has 8 heteroatoms. The molecule has 1 aliphatic rings. The number of anilines is 2. The Balaban J connectivity index is 1.93. The van der Waals surface area contributed by atoms with Gasteiger partial charge in [0.1, 0.15) is 0 Å². The van der Waals surface area contributed by atoms with E-state index in [1.165, 1.54) is 0 Å². The lowest BCUT2D eigenvalue weighted by molar-refractivity contribution is -0.117. The van der Waals surface area contributed by atoms with Gasteiger partial charge in [-0.05, 0) is 31.7 Å². The van der Waals surface area contributed by atoms with Crippen LogP contribution in [0.4, 0.5) is 11.4 Å². The molecule has 1 atom stereocenters. The number of hydrogen-bond donors (Lipinski definition) is 1. The molecule has 1 amide bonds. The molecule has 0 spiro atoms. The van der Waals surface area contributed by atoms with Crippen molar-refractivity contribution in [1.82, 2.24) is 4.90 Å². The van der Waals surface area contributed by atoms with Crippen LogP contribution >= 0.6 is 11.6 Å². The molecule has 1 saturated heterocycles. The molecular weight excluding hydrogens is 338 g/mol. The van der Waals surface area contributed by atoms with E-state index < -0.39 is 9.84 Å². The molecule has 1 N–H and O–H groups in total. The van der Waals surface area contributed by atoms with Crippen molar-refractivity contribution in [3.63, 3.8) is 0 Å². The first-order valence-electron chi connectivity index (χ1n) is 7.35. The van der Waals surface area contributed by atoms with E-state index in [1.807, 2.05) is 25.1 Å². The van der Waals surface area contributed by atoms with E-state index in [0.29, 0.717) is 17.1 Å². The minimum atomic E-state index is -2.95. The van der Waals surface area contributed by atoms with Crippen LogP contribution in [0.25, 0.3) is 0 Å². The lowest BCUT2D eigenvalue weighted by Crippen LogP contribution is -2.38. The molecule has 1 aliphatic heterocycles. The molecule has 1 fully saturated rings. The lowest BCUT2D eigenvalue weighted by Gasteiger charge is -2.22. The molecular formula is C15H22ClN3O3S. The number of carbonyl (C=O) groups excluding carboxylic acids is 1. The lowest BCUT2D eigenvalue weighted by atomic mass is 10.2. The molecule has 6 nitrogen and oxygen atoms in total. The van der Waals surface area contributed by atoms with Crippen LogP contribution in [0.5, 0.6) is 0 Å². The molecule has 2 rings (SSSR count). The Morgan fingerprint density at radius 1 is 1.35 bits per heavy atom. The van der Waals surface area contributed by atoms with E-state index in [1.54, 1.807) is 24.1 Å². The number of hydrogen-bond acceptors (Lipinski definition) is 5. The summed E-state index contributed by atoms with van der Waals surface area (Å²) in [6.45, 7) is 0.146. The third kappa shape index (κ3) is 4.83. The Kier molecular flexibility index (Phi) is 5.54. The quantitative estimate of drug-likeness (QED) is 0.862. The Hall–Kier alpha value is -1.31. The number of likely N-dealkylation sites (N-methyl/N-ethyl adjacent to an activating group) is 1. The number of carbonyl (C=O) groups is 1. The van der Waals surface area contributed by atoms with Gasteiger partial charge in [0.05, 0.1) is 28.8 Å². The highest BCUT2D eigenvalue weighted by Crippen LogP contribution is 2.27. The maximum atomic E-state index is 12.1. The standard InChI is InChI=1S/C15H22ClN3O3S/c1-18(2)14-5-4-11(8-13(14)16)17-15(20)9-19(3)12-6-7-23(21,22)10-12/h4-5,8,12H,6-7,9-10H2,1-3H3,(H,17,20). The summed E-state index contributed by atoms with van der Waals surface area (Å²) in [6.07, 6.45) is 0.579. The van der Waals surface area contributed by atoms with Gasteiger partial charge in [-0.15, -0.1) is 0 Å². The van der Waals surface area contributed by atoms with Gasteiger partial charge in [-0.1, -0.05) is 11.6 Å². The van der Waals surface area contributed by atoms with Gasteiger partial charge in [0, 0.05) is 25.8 Å². The number of halogens is 1. The van der Waals surface area contributed by atoms with E-state index in [-0.39, 0.29) is 30.0 Å². The van der Waals surface area contributed by atoms with Gasteiger partial charge in [-0.25, -0.2) is 8.42 Å². The molecule has 0 aromatic heterocycles. The molecule has 1 aromatic carbocycles. The second-order valence-electron chi connectivity index (χ2n) is 6.08. The van der Waals surface area contributed by atoms with Crippen LogP contribution in [0, 0.1) is 0 Å². The molecule has 0 radical (unpaired) electrons. The van der Waals surface area contributed by atoms with Crippen LogP contribution < -0.4 is 10.2 Å². The maximum absolute atomic E-state index is 12.1. The zero-order valence-corrected chi connectivity index (χ0v) is 15.1. The van der Waals surface area contributed by atoms with Gasteiger partial charge < -0.3 is 10.2 Å². The second-order valence-corrected chi connectivity index (χ2v) is 8.72. The summed E-state index contributed by atoms with van der Waals surface area (Å²) in [5.74, 6) is 0.135. The van der Waals surface area contributed by atoms with Gasteiger partial charge in [-0.2, -0.15) is 0 Å². The molecule has 128 valence electrons. The molecule has 0 bridgehead atoms. The number of nitrogens with one attached hydrogen (secondary N) is 1. The fourth-order valence-corrected chi connectivity index (χ4v) is 4.78. The van der Waals surface area contributed by atoms with Crippen LogP contribution in [0.2, 0.25) is 5.02 Å². The van der Waals surface area contributed by atoms with E-state index in [0.717, 1.165) is 5.69 Å². The van der Waals surface area contributed by atoms with Crippen molar-refractivity contribution in [2.75, 3.05) is 49.4 Å². The Morgan fingerprint density at radius 3 is 2.57 bits per heavy atom. The van der Waals surface area contributed by atoms with Crippen LogP contribution in [-0.2, 0) is 14.6 Å². The van der Waals surface area contributed by atoms with Crippen LogP contribution in [-0.4, -0.2) is 64.5 Å². The van der Waals surface area contributed by atoms with Crippen molar-refractivity contribution >= 4 is 38.7 Å². The van der Waals surface area contributed by atoms with Crippen LogP contribution in [0.3, 0.4) is 0 Å². The smallest absolute Gasteiger partial charge is 0.238 e. The first-order valence-corrected chi connectivity index (χ1v) is 9.55. The van der Waals surface area contributed by atoms with Crippen molar-refractivity contribution in [2.24, 2.45) is 0 Å². The highest BCUT2D eigenvalue weighted by atomic mass is 35.5. The molecule has 1 heterocycles. The highest BCUT2D eigenvalue weighted by Gasteiger charge is 2.31. The van der Waals surface area contributed by atoms with E-state index >= 15 is 0 Å². The van der Waals surface area contributed by atoms with Gasteiger partial charge in [-0.3, -0.25) is 9.69 Å². The van der Waals surface area contributed by atoms with Crippen molar-refractivity contribution in [2.45, 2.75) is 12.5 Å². The van der Waals surface area contributed by atoms with E-state index in [2.05, 4.69) is 5.32 Å². The number of amides is 1. The zero-order valence-electron chi connectivity index (χ0n) is 13.5. The Bertz CT molecular complexity index is 691. The van der Waals surface area contributed by atoms with Gasteiger partial charge in [0.15, 0.2) is 9.84 Å². The topological polar surface area (TPSA) is 69.7 Å². The number of sulfone groups is 1. The zero-order chi connectivity index (χ0) is 17.2. The summed E-state index contributed by atoms with van der Waals surface area (Å²) in [4.78, 5) is 15.8. The van der Waals surface area contributed by atoms with Crippen LogP contribution in [0.15, 0.2) is 18.2 Å². The molecule has 1 aromatic rings. The average Bonchev–Trinajstić information content (AvgIpc) is 2.78. The summed E-state index contributed by atoms with van der Waals surface area (Å²) < 4.78 is 23.0. The largest absolute Gasteiger partial charge is 0.376 e. The second kappa shape index (κ2) is 7.07. The third-order valence-corrected chi connectivity index (χ3v) is 5.99. The predicted octanol–water partition coefficient (Wildman–Crippen LogP) is 1.46. The van der Waals surface area contributed by atoms with Crippen molar-refractivity contribution in [3.8, 4) is 0 Å². The fraction of sp³-hybridized carbons (Fsp3) is 0.533. The summed E-state index contributed by atoms with van der Waals surface area (Å²) in [7, 11) is 2.61. The molecule has 23 heavy (non-hydrogen) atoms.